The van der Waals surface area contributed by atoms with Crippen LogP contribution in [0.25, 0.3) is 11.3 Å². The van der Waals surface area contributed by atoms with Gasteiger partial charge in [0.05, 0.1) is 21.2 Å². The van der Waals surface area contributed by atoms with E-state index in [9.17, 15) is 10.1 Å². The predicted molar refractivity (Wildman–Crippen MR) is 151 cm³/mol. The maximum absolute atomic E-state index is 10.9. The monoisotopic (exact) mass is 560 g/mol. The Hall–Kier alpha value is -5.00. The van der Waals surface area contributed by atoms with E-state index in [1.54, 1.807) is 42.5 Å². The van der Waals surface area contributed by atoms with Crippen LogP contribution >= 0.6 is 23.2 Å². The smallest absolute Gasteiger partial charge is 0.269 e. The van der Waals surface area contributed by atoms with E-state index in [0.29, 0.717) is 27.3 Å². The Kier molecular flexibility index (Phi) is 7.62. The Labute approximate surface area is 231 Å². The molecule has 5 rings (SSSR count). The molecule has 0 aliphatic heterocycles. The second kappa shape index (κ2) is 11.6. The third kappa shape index (κ3) is 6.66. The quantitative estimate of drug-likeness (QED) is 0.0961. The van der Waals surface area contributed by atoms with Gasteiger partial charge in [-0.05, 0) is 54.6 Å². The summed E-state index contributed by atoms with van der Waals surface area (Å²) in [7, 11) is 0. The summed E-state index contributed by atoms with van der Waals surface area (Å²) in [6.45, 7) is 0. The molecular formula is C26H18Cl2N8O3. The van der Waals surface area contributed by atoms with Gasteiger partial charge in [0.25, 0.3) is 5.69 Å². The molecule has 0 saturated carbocycles. The number of aromatic nitrogens is 3. The summed E-state index contributed by atoms with van der Waals surface area (Å²) in [5, 5.41) is 22.1. The fourth-order valence-corrected chi connectivity index (χ4v) is 3.66. The number of hydrogen-bond donors (Lipinski definition) is 3. The maximum Gasteiger partial charge on any atom is 0.269 e. The number of para-hydroxylation sites is 1. The topological polar surface area (TPSA) is 143 Å². The molecule has 0 aliphatic carbocycles. The first-order chi connectivity index (χ1) is 18.9. The molecular weight excluding hydrogens is 543 g/mol. The average Bonchev–Trinajstić information content (AvgIpc) is 3.40. The van der Waals surface area contributed by atoms with E-state index in [-0.39, 0.29) is 23.5 Å². The highest BCUT2D eigenvalue weighted by molar-refractivity contribution is 6.42. The van der Waals surface area contributed by atoms with Gasteiger partial charge < -0.3 is 15.1 Å². The maximum atomic E-state index is 10.9. The summed E-state index contributed by atoms with van der Waals surface area (Å²) < 4.78 is 5.82. The lowest BCUT2D eigenvalue weighted by Gasteiger charge is -2.10. The van der Waals surface area contributed by atoms with E-state index < -0.39 is 4.92 Å². The highest BCUT2D eigenvalue weighted by Crippen LogP contribution is 2.29. The number of rotatable bonds is 9. The average molecular weight is 561 g/mol. The molecule has 0 spiro atoms. The van der Waals surface area contributed by atoms with Crippen molar-refractivity contribution in [1.29, 1.82) is 0 Å². The van der Waals surface area contributed by atoms with Gasteiger partial charge in [-0.15, -0.1) is 0 Å². The normalized spacial score (nSPS) is 10.9. The first-order valence-electron chi connectivity index (χ1n) is 11.4. The minimum absolute atomic E-state index is 0.0282. The Bertz CT molecular complexity index is 1640. The van der Waals surface area contributed by atoms with Crippen LogP contribution in [0.4, 0.5) is 34.9 Å². The predicted octanol–water partition coefficient (Wildman–Crippen LogP) is 7.28. The van der Waals surface area contributed by atoms with Gasteiger partial charge in [-0.3, -0.25) is 10.1 Å². The summed E-state index contributed by atoms with van der Waals surface area (Å²) in [6, 6.07) is 24.0. The lowest BCUT2D eigenvalue weighted by molar-refractivity contribution is -0.384. The number of nitro groups is 1. The van der Waals surface area contributed by atoms with Crippen molar-refractivity contribution in [3.05, 3.63) is 111 Å². The molecule has 0 radical (unpaired) electrons. The van der Waals surface area contributed by atoms with E-state index in [2.05, 4.69) is 36.1 Å². The number of nitrogens with zero attached hydrogens (tertiary/aromatic N) is 5. The van der Waals surface area contributed by atoms with Crippen LogP contribution in [0.3, 0.4) is 0 Å². The van der Waals surface area contributed by atoms with Gasteiger partial charge in [0.15, 0.2) is 0 Å². The zero-order chi connectivity index (χ0) is 27.2. The lowest BCUT2D eigenvalue weighted by Crippen LogP contribution is -2.07. The van der Waals surface area contributed by atoms with Crippen LogP contribution in [-0.4, -0.2) is 26.1 Å². The standard InChI is InChI=1S/C26H18Cl2N8O3/c27-21-12-6-16(14-22(21)28)23-13-11-20(39-23)15-29-35-26-33-24(30-17-4-2-1-3-5-17)32-25(34-26)31-18-7-9-19(10-8-18)36(37)38/h1-15H,(H3,30,31,32,33,34,35)/b29-15+. The van der Waals surface area contributed by atoms with Crippen molar-refractivity contribution in [2.45, 2.75) is 0 Å². The molecule has 3 aromatic carbocycles. The van der Waals surface area contributed by atoms with E-state index in [0.717, 1.165) is 11.3 Å². The van der Waals surface area contributed by atoms with Crippen LogP contribution in [0, 0.1) is 10.1 Å². The Morgan fingerprint density at radius 3 is 2.13 bits per heavy atom. The second-order valence-electron chi connectivity index (χ2n) is 7.93. The van der Waals surface area contributed by atoms with Gasteiger partial charge in [0.2, 0.25) is 17.8 Å². The Morgan fingerprint density at radius 1 is 0.795 bits per heavy atom. The molecule has 13 heteroatoms. The molecule has 39 heavy (non-hydrogen) atoms. The fourth-order valence-electron chi connectivity index (χ4n) is 3.36. The van der Waals surface area contributed by atoms with E-state index in [4.69, 9.17) is 27.6 Å². The number of anilines is 5. The van der Waals surface area contributed by atoms with Crippen molar-refractivity contribution in [1.82, 2.24) is 15.0 Å². The largest absolute Gasteiger partial charge is 0.455 e. The molecule has 0 bridgehead atoms. The van der Waals surface area contributed by atoms with Gasteiger partial charge in [0.1, 0.15) is 11.5 Å². The van der Waals surface area contributed by atoms with Crippen molar-refractivity contribution in [2.75, 3.05) is 16.1 Å². The third-order valence-corrected chi connectivity index (χ3v) is 5.93. The summed E-state index contributed by atoms with van der Waals surface area (Å²) in [5.74, 6) is 1.65. The molecule has 11 nitrogen and oxygen atoms in total. The van der Waals surface area contributed by atoms with Gasteiger partial charge in [-0.2, -0.15) is 20.1 Å². The molecule has 3 N–H and O–H groups in total. The molecule has 0 fully saturated rings. The number of non-ortho nitro benzene ring substituents is 1. The van der Waals surface area contributed by atoms with Gasteiger partial charge in [-0.1, -0.05) is 41.4 Å². The van der Waals surface area contributed by atoms with Crippen LogP contribution in [0.2, 0.25) is 10.0 Å². The number of hydrogen-bond acceptors (Lipinski definition) is 10. The summed E-state index contributed by atoms with van der Waals surface area (Å²) in [4.78, 5) is 23.6. The summed E-state index contributed by atoms with van der Waals surface area (Å²) in [5.41, 5.74) is 4.84. The van der Waals surface area contributed by atoms with Crippen LogP contribution in [0.1, 0.15) is 5.76 Å². The van der Waals surface area contributed by atoms with Crippen LogP contribution in [0.15, 0.2) is 94.4 Å². The fraction of sp³-hybridized carbons (Fsp3) is 0. The number of furan rings is 1. The number of benzene rings is 3. The van der Waals surface area contributed by atoms with Gasteiger partial charge in [-0.25, -0.2) is 5.43 Å². The number of nitrogens with one attached hydrogen (secondary N) is 3. The van der Waals surface area contributed by atoms with Crippen molar-refractivity contribution in [3.63, 3.8) is 0 Å². The first-order valence-corrected chi connectivity index (χ1v) is 12.1. The SMILES string of the molecule is O=[N+]([O-])c1ccc(Nc2nc(N/N=C/c3ccc(-c4ccc(Cl)c(Cl)c4)o3)nc(Nc3ccccc3)n2)cc1. The minimum Gasteiger partial charge on any atom is -0.455 e. The van der Waals surface area contributed by atoms with Gasteiger partial charge in [0, 0.05) is 29.1 Å². The Balaban J connectivity index is 1.35. The molecule has 0 amide bonds. The van der Waals surface area contributed by atoms with E-state index in [1.807, 2.05) is 30.3 Å². The Morgan fingerprint density at radius 2 is 1.46 bits per heavy atom. The minimum atomic E-state index is -0.471. The van der Waals surface area contributed by atoms with Crippen LogP contribution < -0.4 is 16.1 Å². The van der Waals surface area contributed by atoms with Gasteiger partial charge >= 0.3 is 0 Å². The number of halogens is 2. The molecule has 5 aromatic rings. The highest BCUT2D eigenvalue weighted by Gasteiger charge is 2.10. The zero-order valence-electron chi connectivity index (χ0n) is 19.9. The van der Waals surface area contributed by atoms with Crippen molar-refractivity contribution in [3.8, 4) is 11.3 Å². The van der Waals surface area contributed by atoms with Crippen molar-refractivity contribution in [2.24, 2.45) is 5.10 Å². The molecule has 2 heterocycles. The molecule has 194 valence electrons. The molecule has 0 unspecified atom stereocenters. The third-order valence-electron chi connectivity index (χ3n) is 5.19. The van der Waals surface area contributed by atoms with E-state index in [1.165, 1.54) is 18.3 Å². The van der Waals surface area contributed by atoms with Crippen LogP contribution in [-0.2, 0) is 0 Å². The lowest BCUT2D eigenvalue weighted by atomic mass is 10.2. The molecule has 0 atom stereocenters. The molecule has 2 aromatic heterocycles. The summed E-state index contributed by atoms with van der Waals surface area (Å²) in [6.07, 6.45) is 1.47. The summed E-state index contributed by atoms with van der Waals surface area (Å²) >= 11 is 12.1. The van der Waals surface area contributed by atoms with Crippen molar-refractivity contribution < 1.29 is 9.34 Å². The zero-order valence-corrected chi connectivity index (χ0v) is 21.4. The first kappa shape index (κ1) is 25.6. The second-order valence-corrected chi connectivity index (χ2v) is 8.74. The van der Waals surface area contributed by atoms with E-state index >= 15 is 0 Å². The molecule has 0 saturated heterocycles. The number of hydrazone groups is 1. The van der Waals surface area contributed by atoms with Crippen molar-refractivity contribution >= 4 is 64.3 Å². The van der Waals surface area contributed by atoms with Crippen LogP contribution in [0.5, 0.6) is 0 Å². The number of nitro benzene ring substituents is 1. The molecule has 0 aliphatic rings. The highest BCUT2D eigenvalue weighted by atomic mass is 35.5.